The van der Waals surface area contributed by atoms with Gasteiger partial charge in [-0.2, -0.15) is 0 Å². The van der Waals surface area contributed by atoms with E-state index < -0.39 is 4.92 Å². The second kappa shape index (κ2) is 6.36. The molecular formula is C14H13ClN2O3. The number of aliphatic hydroxyl groups excluding tert-OH is 1. The molecule has 1 unspecified atom stereocenters. The summed E-state index contributed by atoms with van der Waals surface area (Å²) in [5.74, 6) is 0. The van der Waals surface area contributed by atoms with E-state index in [1.807, 2.05) is 30.3 Å². The number of hydrogen-bond donors (Lipinski definition) is 2. The van der Waals surface area contributed by atoms with Crippen LogP contribution >= 0.6 is 11.6 Å². The molecule has 0 aliphatic rings. The molecule has 0 saturated heterocycles. The minimum atomic E-state index is -0.504. The molecule has 0 heterocycles. The summed E-state index contributed by atoms with van der Waals surface area (Å²) in [5, 5.41) is 23.4. The number of aliphatic hydroxyl groups is 1. The fraction of sp³-hybridized carbons (Fsp3) is 0.143. The molecule has 0 amide bonds. The van der Waals surface area contributed by atoms with Crippen molar-refractivity contribution in [2.45, 2.75) is 6.04 Å². The Morgan fingerprint density at radius 2 is 1.95 bits per heavy atom. The van der Waals surface area contributed by atoms with Crippen molar-refractivity contribution in [2.24, 2.45) is 0 Å². The fourth-order valence-corrected chi connectivity index (χ4v) is 2.07. The smallest absolute Gasteiger partial charge is 0.271 e. The highest BCUT2D eigenvalue weighted by atomic mass is 35.5. The first-order valence-electron chi connectivity index (χ1n) is 5.98. The fourth-order valence-electron chi connectivity index (χ4n) is 1.84. The maximum Gasteiger partial charge on any atom is 0.271 e. The topological polar surface area (TPSA) is 75.4 Å². The Bertz CT molecular complexity index is 605. The van der Waals surface area contributed by atoms with Crippen LogP contribution in [0, 0.1) is 10.1 Å². The van der Waals surface area contributed by atoms with Crippen LogP contribution in [0.25, 0.3) is 0 Å². The molecule has 1 atom stereocenters. The summed E-state index contributed by atoms with van der Waals surface area (Å²) in [6, 6.07) is 13.3. The Hall–Kier alpha value is -2.11. The third kappa shape index (κ3) is 3.26. The van der Waals surface area contributed by atoms with E-state index in [2.05, 4.69) is 5.32 Å². The number of rotatable bonds is 5. The number of anilines is 1. The summed E-state index contributed by atoms with van der Waals surface area (Å²) in [7, 11) is 0. The van der Waals surface area contributed by atoms with Crippen molar-refractivity contribution in [1.82, 2.24) is 0 Å². The number of benzene rings is 2. The van der Waals surface area contributed by atoms with Gasteiger partial charge in [-0.1, -0.05) is 41.9 Å². The molecule has 104 valence electrons. The van der Waals surface area contributed by atoms with E-state index in [4.69, 9.17) is 11.6 Å². The standard InChI is InChI=1S/C14H13ClN2O3/c15-12-8-11(17(19)20)6-7-13(12)16-14(9-18)10-4-2-1-3-5-10/h1-8,14,16,18H,9H2. The van der Waals surface area contributed by atoms with Crippen molar-refractivity contribution in [3.63, 3.8) is 0 Å². The molecular weight excluding hydrogens is 280 g/mol. The van der Waals surface area contributed by atoms with E-state index in [0.717, 1.165) is 5.56 Å². The van der Waals surface area contributed by atoms with Gasteiger partial charge in [0, 0.05) is 12.1 Å². The summed E-state index contributed by atoms with van der Waals surface area (Å²) in [5.41, 5.74) is 1.38. The molecule has 0 aliphatic heterocycles. The van der Waals surface area contributed by atoms with Gasteiger partial charge in [0.15, 0.2) is 0 Å². The quantitative estimate of drug-likeness (QED) is 0.654. The van der Waals surface area contributed by atoms with Gasteiger partial charge in [-0.05, 0) is 11.6 Å². The van der Waals surface area contributed by atoms with Gasteiger partial charge >= 0.3 is 0 Å². The predicted molar refractivity (Wildman–Crippen MR) is 78.0 cm³/mol. The first-order chi connectivity index (χ1) is 9.61. The van der Waals surface area contributed by atoms with Crippen molar-refractivity contribution in [3.05, 3.63) is 69.2 Å². The number of halogens is 1. The summed E-state index contributed by atoms with van der Waals surface area (Å²) in [4.78, 5) is 10.1. The molecule has 2 rings (SSSR count). The average molecular weight is 293 g/mol. The molecule has 20 heavy (non-hydrogen) atoms. The Balaban J connectivity index is 2.22. The lowest BCUT2D eigenvalue weighted by Gasteiger charge is -2.18. The molecule has 0 radical (unpaired) electrons. The van der Waals surface area contributed by atoms with Crippen LogP contribution < -0.4 is 5.32 Å². The van der Waals surface area contributed by atoms with Crippen LogP contribution in [0.2, 0.25) is 5.02 Å². The maximum atomic E-state index is 10.7. The molecule has 0 fully saturated rings. The second-order valence-electron chi connectivity index (χ2n) is 4.21. The van der Waals surface area contributed by atoms with Gasteiger partial charge in [-0.25, -0.2) is 0 Å². The third-order valence-electron chi connectivity index (χ3n) is 2.88. The first kappa shape index (κ1) is 14.3. The van der Waals surface area contributed by atoms with Crippen LogP contribution in [0.4, 0.5) is 11.4 Å². The first-order valence-corrected chi connectivity index (χ1v) is 6.36. The maximum absolute atomic E-state index is 10.7. The normalized spacial score (nSPS) is 11.9. The Labute approximate surface area is 121 Å². The van der Waals surface area contributed by atoms with Gasteiger partial charge in [0.05, 0.1) is 28.3 Å². The van der Waals surface area contributed by atoms with Crippen LogP contribution in [-0.4, -0.2) is 16.6 Å². The number of nitrogens with zero attached hydrogens (tertiary/aromatic N) is 1. The molecule has 0 spiro atoms. The molecule has 0 bridgehead atoms. The van der Waals surface area contributed by atoms with Crippen LogP contribution in [0.15, 0.2) is 48.5 Å². The summed E-state index contributed by atoms with van der Waals surface area (Å²) in [6.45, 7) is -0.114. The zero-order valence-corrected chi connectivity index (χ0v) is 11.2. The van der Waals surface area contributed by atoms with Gasteiger partial charge in [-0.15, -0.1) is 0 Å². The van der Waals surface area contributed by atoms with Gasteiger partial charge < -0.3 is 10.4 Å². The molecule has 5 nitrogen and oxygen atoms in total. The minimum absolute atomic E-state index is 0.0687. The van der Waals surface area contributed by atoms with Crippen molar-refractivity contribution in [3.8, 4) is 0 Å². The molecule has 0 saturated carbocycles. The lowest BCUT2D eigenvalue weighted by atomic mass is 10.1. The van der Waals surface area contributed by atoms with Gasteiger partial charge in [0.25, 0.3) is 5.69 Å². The summed E-state index contributed by atoms with van der Waals surface area (Å²) in [6.07, 6.45) is 0. The van der Waals surface area contributed by atoms with Crippen molar-refractivity contribution in [2.75, 3.05) is 11.9 Å². The molecule has 2 aromatic rings. The van der Waals surface area contributed by atoms with Crippen molar-refractivity contribution in [1.29, 1.82) is 0 Å². The van der Waals surface area contributed by atoms with Crippen LogP contribution in [-0.2, 0) is 0 Å². The van der Waals surface area contributed by atoms with E-state index in [1.165, 1.54) is 18.2 Å². The largest absolute Gasteiger partial charge is 0.394 e. The SMILES string of the molecule is O=[N+]([O-])c1ccc(NC(CO)c2ccccc2)c(Cl)c1. The highest BCUT2D eigenvalue weighted by Crippen LogP contribution is 2.29. The minimum Gasteiger partial charge on any atom is -0.394 e. The highest BCUT2D eigenvalue weighted by Gasteiger charge is 2.14. The molecule has 6 heteroatoms. The van der Waals surface area contributed by atoms with Crippen molar-refractivity contribution < 1.29 is 10.0 Å². The van der Waals surface area contributed by atoms with Gasteiger partial charge in [0.2, 0.25) is 0 Å². The zero-order chi connectivity index (χ0) is 14.5. The van der Waals surface area contributed by atoms with E-state index >= 15 is 0 Å². The third-order valence-corrected chi connectivity index (χ3v) is 3.19. The van der Waals surface area contributed by atoms with Crippen molar-refractivity contribution >= 4 is 23.0 Å². The van der Waals surface area contributed by atoms with E-state index in [1.54, 1.807) is 0 Å². The molecule has 2 aromatic carbocycles. The zero-order valence-electron chi connectivity index (χ0n) is 10.5. The second-order valence-corrected chi connectivity index (χ2v) is 4.62. The van der Waals surface area contributed by atoms with E-state index in [0.29, 0.717) is 5.69 Å². The lowest BCUT2D eigenvalue weighted by Crippen LogP contribution is -2.15. The monoisotopic (exact) mass is 292 g/mol. The molecule has 2 N–H and O–H groups in total. The Morgan fingerprint density at radius 1 is 1.25 bits per heavy atom. The number of nitro groups is 1. The Kier molecular flexibility index (Phi) is 4.55. The molecule has 0 aliphatic carbocycles. The van der Waals surface area contributed by atoms with Gasteiger partial charge in [-0.3, -0.25) is 10.1 Å². The summed E-state index contributed by atoms with van der Waals surface area (Å²) >= 11 is 6.01. The average Bonchev–Trinajstić information content (AvgIpc) is 2.46. The summed E-state index contributed by atoms with van der Waals surface area (Å²) < 4.78 is 0. The van der Waals surface area contributed by atoms with E-state index in [-0.39, 0.29) is 23.4 Å². The van der Waals surface area contributed by atoms with Crippen LogP contribution in [0.1, 0.15) is 11.6 Å². The lowest BCUT2D eigenvalue weighted by molar-refractivity contribution is -0.384. The highest BCUT2D eigenvalue weighted by molar-refractivity contribution is 6.33. The molecule has 0 aromatic heterocycles. The predicted octanol–water partition coefficient (Wildman–Crippen LogP) is 3.39. The number of nitrogens with one attached hydrogen (secondary N) is 1. The number of nitro benzene ring substituents is 1. The number of hydrogen-bond acceptors (Lipinski definition) is 4. The Morgan fingerprint density at radius 3 is 2.50 bits per heavy atom. The van der Waals surface area contributed by atoms with Crippen LogP contribution in [0.5, 0.6) is 0 Å². The number of non-ortho nitro benzene ring substituents is 1. The van der Waals surface area contributed by atoms with Gasteiger partial charge in [0.1, 0.15) is 0 Å². The van der Waals surface area contributed by atoms with Crippen LogP contribution in [0.3, 0.4) is 0 Å². The van der Waals surface area contributed by atoms with E-state index in [9.17, 15) is 15.2 Å².